The maximum atomic E-state index is 11.8. The molecule has 7 heteroatoms. The molecule has 1 aromatic rings. The molecule has 2 N–H and O–H groups in total. The van der Waals surface area contributed by atoms with E-state index in [1.807, 2.05) is 0 Å². The number of alkyl carbamates (subject to hydrolysis) is 1. The summed E-state index contributed by atoms with van der Waals surface area (Å²) < 4.78 is 5.77. The number of carbonyl (C=O) groups excluding carboxylic acids is 1. The van der Waals surface area contributed by atoms with Crippen LogP contribution in [-0.2, 0) is 9.53 Å². The number of nitrogens with one attached hydrogen (secondary N) is 1. The largest absolute Gasteiger partial charge is 0.481 e. The highest BCUT2D eigenvalue weighted by Crippen LogP contribution is 2.27. The molecule has 0 spiro atoms. The molecule has 1 amide bonds. The van der Waals surface area contributed by atoms with Crippen LogP contribution in [0.5, 0.6) is 0 Å². The number of halogens is 2. The number of hydrogen-bond donors (Lipinski definition) is 2. The Bertz CT molecular complexity index is 542. The highest BCUT2D eigenvalue weighted by atomic mass is 79.9. The third-order valence-electron chi connectivity index (χ3n) is 2.42. The zero-order valence-electron chi connectivity index (χ0n) is 11.9. The molecular formula is C14H17BrClNO4. The number of rotatable bonds is 4. The number of benzene rings is 1. The summed E-state index contributed by atoms with van der Waals surface area (Å²) in [5.41, 5.74) is -0.0298. The Labute approximate surface area is 136 Å². The van der Waals surface area contributed by atoms with Gasteiger partial charge in [-0.3, -0.25) is 4.79 Å². The second-order valence-corrected chi connectivity index (χ2v) is 6.73. The molecule has 0 heterocycles. The molecule has 0 saturated heterocycles. The van der Waals surface area contributed by atoms with Crippen molar-refractivity contribution in [1.29, 1.82) is 0 Å². The Morgan fingerprint density at radius 3 is 2.52 bits per heavy atom. The van der Waals surface area contributed by atoms with Gasteiger partial charge in [-0.15, -0.1) is 0 Å². The Kier molecular flexibility index (Phi) is 6.04. The average molecular weight is 379 g/mol. The van der Waals surface area contributed by atoms with Crippen LogP contribution in [0.3, 0.4) is 0 Å². The van der Waals surface area contributed by atoms with Crippen molar-refractivity contribution in [2.24, 2.45) is 0 Å². The number of carboxylic acids is 1. The van der Waals surface area contributed by atoms with Crippen LogP contribution in [0.25, 0.3) is 0 Å². The molecule has 0 aliphatic heterocycles. The van der Waals surface area contributed by atoms with Gasteiger partial charge in [-0.25, -0.2) is 4.79 Å². The van der Waals surface area contributed by atoms with Gasteiger partial charge in [0, 0.05) is 4.47 Å². The molecule has 1 rings (SSSR count). The van der Waals surface area contributed by atoms with Crippen LogP contribution in [0.15, 0.2) is 22.7 Å². The van der Waals surface area contributed by atoms with Crippen molar-refractivity contribution in [3.05, 3.63) is 33.3 Å². The van der Waals surface area contributed by atoms with Crippen LogP contribution in [0.1, 0.15) is 38.8 Å². The van der Waals surface area contributed by atoms with Gasteiger partial charge in [0.25, 0.3) is 0 Å². The zero-order chi connectivity index (χ0) is 16.2. The molecule has 21 heavy (non-hydrogen) atoms. The zero-order valence-corrected chi connectivity index (χ0v) is 14.3. The van der Waals surface area contributed by atoms with Crippen LogP contribution >= 0.6 is 27.5 Å². The van der Waals surface area contributed by atoms with Crippen molar-refractivity contribution in [1.82, 2.24) is 5.32 Å². The first-order chi connectivity index (χ1) is 9.58. The summed E-state index contributed by atoms with van der Waals surface area (Å²) in [6.45, 7) is 5.20. The quantitative estimate of drug-likeness (QED) is 0.825. The summed E-state index contributed by atoms with van der Waals surface area (Å²) in [5, 5.41) is 12.1. The lowest BCUT2D eigenvalue weighted by molar-refractivity contribution is -0.137. The summed E-state index contributed by atoms with van der Waals surface area (Å²) in [5.74, 6) is -1.03. The minimum Gasteiger partial charge on any atom is -0.481 e. The Morgan fingerprint density at radius 1 is 1.43 bits per heavy atom. The average Bonchev–Trinajstić information content (AvgIpc) is 2.28. The van der Waals surface area contributed by atoms with E-state index in [0.29, 0.717) is 15.1 Å². The fourth-order valence-corrected chi connectivity index (χ4v) is 2.12. The summed E-state index contributed by atoms with van der Waals surface area (Å²) >= 11 is 9.18. The van der Waals surface area contributed by atoms with E-state index in [1.54, 1.807) is 39.0 Å². The molecule has 0 aromatic heterocycles. The van der Waals surface area contributed by atoms with Gasteiger partial charge in [-0.05, 0) is 54.4 Å². The van der Waals surface area contributed by atoms with Gasteiger partial charge < -0.3 is 15.2 Å². The molecule has 0 bridgehead atoms. The third kappa shape index (κ3) is 6.35. The van der Waals surface area contributed by atoms with E-state index < -0.39 is 23.7 Å². The van der Waals surface area contributed by atoms with Crippen LogP contribution in [0.4, 0.5) is 4.79 Å². The first kappa shape index (κ1) is 17.8. The Hall–Kier alpha value is -1.27. The molecule has 0 aliphatic rings. The van der Waals surface area contributed by atoms with E-state index in [2.05, 4.69) is 21.2 Å². The van der Waals surface area contributed by atoms with Crippen LogP contribution in [0.2, 0.25) is 5.02 Å². The van der Waals surface area contributed by atoms with Gasteiger partial charge in [0.05, 0.1) is 17.5 Å². The van der Waals surface area contributed by atoms with Gasteiger partial charge in [-0.1, -0.05) is 17.7 Å². The van der Waals surface area contributed by atoms with Gasteiger partial charge in [0.2, 0.25) is 0 Å². The normalized spacial score (nSPS) is 12.6. The number of carboxylic acid groups (broad SMARTS) is 1. The van der Waals surface area contributed by atoms with Crippen molar-refractivity contribution in [3.8, 4) is 0 Å². The number of ether oxygens (including phenoxy) is 1. The lowest BCUT2D eigenvalue weighted by Gasteiger charge is -2.23. The van der Waals surface area contributed by atoms with Crippen molar-refractivity contribution in [2.45, 2.75) is 38.8 Å². The minimum absolute atomic E-state index is 0.257. The van der Waals surface area contributed by atoms with Crippen LogP contribution in [0, 0.1) is 0 Å². The van der Waals surface area contributed by atoms with Crippen molar-refractivity contribution >= 4 is 39.6 Å². The van der Waals surface area contributed by atoms with Crippen LogP contribution < -0.4 is 5.32 Å². The predicted molar refractivity (Wildman–Crippen MR) is 83.5 cm³/mol. The molecule has 116 valence electrons. The van der Waals surface area contributed by atoms with Gasteiger partial charge in [0.1, 0.15) is 5.60 Å². The topological polar surface area (TPSA) is 75.6 Å². The highest BCUT2D eigenvalue weighted by Gasteiger charge is 2.22. The predicted octanol–water partition coefficient (Wildman–Crippen LogP) is 4.14. The summed E-state index contributed by atoms with van der Waals surface area (Å²) in [7, 11) is 0. The maximum absolute atomic E-state index is 11.8. The lowest BCUT2D eigenvalue weighted by atomic mass is 10.0. The van der Waals surface area contributed by atoms with E-state index in [4.69, 9.17) is 21.4 Å². The fraction of sp³-hybridized carbons (Fsp3) is 0.429. The van der Waals surface area contributed by atoms with Gasteiger partial charge in [-0.2, -0.15) is 0 Å². The van der Waals surface area contributed by atoms with E-state index in [-0.39, 0.29) is 6.42 Å². The molecule has 0 radical (unpaired) electrons. The number of aliphatic carboxylic acids is 1. The van der Waals surface area contributed by atoms with Crippen LogP contribution in [-0.4, -0.2) is 22.8 Å². The van der Waals surface area contributed by atoms with Crippen molar-refractivity contribution in [3.63, 3.8) is 0 Å². The fourth-order valence-electron chi connectivity index (χ4n) is 1.61. The summed E-state index contributed by atoms with van der Waals surface area (Å²) in [6.07, 6.45) is -0.923. The summed E-state index contributed by atoms with van der Waals surface area (Å²) in [4.78, 5) is 22.8. The molecule has 5 nitrogen and oxygen atoms in total. The smallest absolute Gasteiger partial charge is 0.408 e. The molecule has 0 fully saturated rings. The maximum Gasteiger partial charge on any atom is 0.408 e. The first-order valence-corrected chi connectivity index (χ1v) is 7.42. The molecule has 0 aliphatic carbocycles. The molecule has 0 saturated carbocycles. The highest BCUT2D eigenvalue weighted by molar-refractivity contribution is 9.10. The van der Waals surface area contributed by atoms with Gasteiger partial charge in [0.15, 0.2) is 0 Å². The molecule has 1 aromatic carbocycles. The first-order valence-electron chi connectivity index (χ1n) is 6.25. The van der Waals surface area contributed by atoms with E-state index in [0.717, 1.165) is 0 Å². The monoisotopic (exact) mass is 377 g/mol. The van der Waals surface area contributed by atoms with E-state index in [9.17, 15) is 9.59 Å². The molecular weight excluding hydrogens is 362 g/mol. The second-order valence-electron chi connectivity index (χ2n) is 5.47. The number of hydrogen-bond acceptors (Lipinski definition) is 3. The van der Waals surface area contributed by atoms with E-state index in [1.165, 1.54) is 0 Å². The van der Waals surface area contributed by atoms with Gasteiger partial charge >= 0.3 is 12.1 Å². The summed E-state index contributed by atoms with van der Waals surface area (Å²) in [6, 6.07) is 4.27. The third-order valence-corrected chi connectivity index (χ3v) is 3.63. The standard InChI is InChI=1S/C14H17BrClNO4/c1-14(2,3)21-13(20)17-11(7-12(18)19)8-4-5-10(16)9(15)6-8/h4-6,11H,7H2,1-3H3,(H,17,20)(H,18,19)/t11-/m0/s1. The number of amides is 1. The lowest BCUT2D eigenvalue weighted by Crippen LogP contribution is -2.35. The Balaban J connectivity index is 2.92. The second kappa shape index (κ2) is 7.13. The van der Waals surface area contributed by atoms with Crippen molar-refractivity contribution < 1.29 is 19.4 Å². The number of carbonyl (C=O) groups is 2. The SMILES string of the molecule is CC(C)(C)OC(=O)N[C@@H](CC(=O)O)c1ccc(Cl)c(Br)c1. The molecule has 1 atom stereocenters. The minimum atomic E-state index is -1.03. The van der Waals surface area contributed by atoms with Crippen molar-refractivity contribution in [2.75, 3.05) is 0 Å². The van der Waals surface area contributed by atoms with E-state index >= 15 is 0 Å². The molecule has 0 unspecified atom stereocenters. The Morgan fingerprint density at radius 2 is 2.05 bits per heavy atom.